The van der Waals surface area contributed by atoms with Gasteiger partial charge in [-0.2, -0.15) is 0 Å². The van der Waals surface area contributed by atoms with Crippen molar-refractivity contribution in [2.24, 2.45) is 4.99 Å². The van der Waals surface area contributed by atoms with Gasteiger partial charge in [-0.1, -0.05) is 51.1 Å². The molecule has 26 heavy (non-hydrogen) atoms. The quantitative estimate of drug-likeness (QED) is 0.586. The molecule has 6 nitrogen and oxygen atoms in total. The van der Waals surface area contributed by atoms with Crippen molar-refractivity contribution in [2.75, 3.05) is 20.2 Å². The molecule has 0 aliphatic carbocycles. The highest BCUT2D eigenvalue weighted by Crippen LogP contribution is 2.22. The Balaban J connectivity index is 1.99. The number of ether oxygens (including phenoxy) is 1. The molecule has 0 fully saturated rings. The highest BCUT2D eigenvalue weighted by Gasteiger charge is 2.19. The molecular weight excluding hydrogens is 328 g/mol. The second-order valence-corrected chi connectivity index (χ2v) is 7.08. The summed E-state index contributed by atoms with van der Waals surface area (Å²) in [6, 6.07) is 10.1. The molecule has 0 aliphatic rings. The van der Waals surface area contributed by atoms with Gasteiger partial charge in [-0.05, 0) is 12.5 Å². The van der Waals surface area contributed by atoms with Crippen LogP contribution in [0.25, 0.3) is 0 Å². The van der Waals surface area contributed by atoms with Crippen LogP contribution in [0.3, 0.4) is 0 Å². The van der Waals surface area contributed by atoms with Crippen molar-refractivity contribution in [3.05, 3.63) is 53.7 Å². The molecular formula is C20H30N4O2. The number of oxazole rings is 1. The Morgan fingerprint density at radius 1 is 1.23 bits per heavy atom. The van der Waals surface area contributed by atoms with Gasteiger partial charge in [0.1, 0.15) is 12.3 Å². The fraction of sp³-hybridized carbons (Fsp3) is 0.500. The van der Waals surface area contributed by atoms with Gasteiger partial charge in [0.25, 0.3) is 0 Å². The van der Waals surface area contributed by atoms with Gasteiger partial charge >= 0.3 is 0 Å². The van der Waals surface area contributed by atoms with E-state index in [1.54, 1.807) is 13.3 Å². The third-order valence-corrected chi connectivity index (χ3v) is 3.92. The second-order valence-electron chi connectivity index (χ2n) is 7.08. The molecule has 0 bridgehead atoms. The number of nitrogens with one attached hydrogen (secondary N) is 2. The molecule has 2 N–H and O–H groups in total. The Morgan fingerprint density at radius 2 is 1.96 bits per heavy atom. The van der Waals surface area contributed by atoms with Gasteiger partial charge < -0.3 is 19.8 Å². The first-order valence-electron chi connectivity index (χ1n) is 8.99. The Hall–Kier alpha value is -2.34. The van der Waals surface area contributed by atoms with E-state index < -0.39 is 0 Å². The van der Waals surface area contributed by atoms with E-state index in [2.05, 4.69) is 53.5 Å². The summed E-state index contributed by atoms with van der Waals surface area (Å²) in [6.45, 7) is 10.1. The van der Waals surface area contributed by atoms with Crippen LogP contribution in [-0.2, 0) is 16.7 Å². The lowest BCUT2D eigenvalue weighted by Crippen LogP contribution is -2.39. The zero-order valence-corrected chi connectivity index (χ0v) is 16.4. The van der Waals surface area contributed by atoms with E-state index in [4.69, 9.17) is 9.15 Å². The standard InChI is InChI=1S/C20H30N4O2/c1-6-21-19(23-12-16(25-5)15-10-8-7-9-11-15)24-14-18-22-13-17(26-18)20(2,3)4/h7-11,13,16H,6,12,14H2,1-5H3,(H2,21,23,24). The number of guanidine groups is 1. The summed E-state index contributed by atoms with van der Waals surface area (Å²) < 4.78 is 11.4. The normalized spacial score (nSPS) is 13.5. The summed E-state index contributed by atoms with van der Waals surface area (Å²) in [4.78, 5) is 8.88. The van der Waals surface area contributed by atoms with Crippen molar-refractivity contribution in [1.82, 2.24) is 15.6 Å². The Kier molecular flexibility index (Phi) is 7.21. The van der Waals surface area contributed by atoms with Crippen LogP contribution in [0.5, 0.6) is 0 Å². The maximum atomic E-state index is 5.79. The van der Waals surface area contributed by atoms with E-state index in [9.17, 15) is 0 Å². The molecule has 1 atom stereocenters. The van der Waals surface area contributed by atoms with E-state index in [1.165, 1.54) is 0 Å². The SMILES string of the molecule is CCNC(=NCc1ncc(C(C)(C)C)o1)NCC(OC)c1ccccc1. The smallest absolute Gasteiger partial charge is 0.216 e. The number of nitrogens with zero attached hydrogens (tertiary/aromatic N) is 2. The van der Waals surface area contributed by atoms with Crippen molar-refractivity contribution in [3.63, 3.8) is 0 Å². The van der Waals surface area contributed by atoms with Crippen LogP contribution in [0.4, 0.5) is 0 Å². The second kappa shape index (κ2) is 9.38. The molecule has 0 radical (unpaired) electrons. The monoisotopic (exact) mass is 358 g/mol. The number of hydrogen-bond donors (Lipinski definition) is 2. The summed E-state index contributed by atoms with van der Waals surface area (Å²) in [6.07, 6.45) is 1.73. The highest BCUT2D eigenvalue weighted by molar-refractivity contribution is 5.79. The van der Waals surface area contributed by atoms with Gasteiger partial charge in [-0.25, -0.2) is 9.98 Å². The van der Waals surface area contributed by atoms with E-state index >= 15 is 0 Å². The predicted molar refractivity (Wildman–Crippen MR) is 104 cm³/mol. The largest absolute Gasteiger partial charge is 0.443 e. The molecule has 1 aromatic carbocycles. The van der Waals surface area contributed by atoms with Crippen LogP contribution in [0, 0.1) is 0 Å². The van der Waals surface area contributed by atoms with Gasteiger partial charge in [0, 0.05) is 25.6 Å². The molecule has 6 heteroatoms. The van der Waals surface area contributed by atoms with Crippen LogP contribution in [0.1, 0.15) is 51.0 Å². The van der Waals surface area contributed by atoms with Crippen molar-refractivity contribution in [1.29, 1.82) is 0 Å². The van der Waals surface area contributed by atoms with Crippen molar-refractivity contribution >= 4 is 5.96 Å². The molecule has 1 unspecified atom stereocenters. The fourth-order valence-electron chi connectivity index (χ4n) is 2.41. The zero-order valence-electron chi connectivity index (χ0n) is 16.4. The highest BCUT2D eigenvalue weighted by atomic mass is 16.5. The van der Waals surface area contributed by atoms with E-state index in [0.717, 1.165) is 17.9 Å². The van der Waals surface area contributed by atoms with Crippen molar-refractivity contribution < 1.29 is 9.15 Å². The van der Waals surface area contributed by atoms with Crippen LogP contribution in [0.15, 0.2) is 45.9 Å². The number of hydrogen-bond acceptors (Lipinski definition) is 4. The lowest BCUT2D eigenvalue weighted by Gasteiger charge is -2.18. The molecule has 2 aromatic rings. The van der Waals surface area contributed by atoms with Crippen LogP contribution >= 0.6 is 0 Å². The van der Waals surface area contributed by atoms with Gasteiger partial charge in [0.2, 0.25) is 5.89 Å². The van der Waals surface area contributed by atoms with E-state index in [1.807, 2.05) is 25.1 Å². The Bertz CT molecular complexity index is 689. The lowest BCUT2D eigenvalue weighted by atomic mass is 9.94. The van der Waals surface area contributed by atoms with Gasteiger partial charge in [0.05, 0.1) is 12.3 Å². The molecule has 142 valence electrons. The van der Waals surface area contributed by atoms with Gasteiger partial charge in [0.15, 0.2) is 5.96 Å². The number of benzene rings is 1. The molecule has 0 aliphatic heterocycles. The lowest BCUT2D eigenvalue weighted by molar-refractivity contribution is 0.106. The average molecular weight is 358 g/mol. The van der Waals surface area contributed by atoms with Gasteiger partial charge in [-0.15, -0.1) is 0 Å². The molecule has 2 rings (SSSR count). The molecule has 1 aromatic heterocycles. The van der Waals surface area contributed by atoms with Crippen LogP contribution in [0.2, 0.25) is 0 Å². The molecule has 1 heterocycles. The summed E-state index contributed by atoms with van der Waals surface area (Å²) in [5, 5.41) is 6.56. The van der Waals surface area contributed by atoms with Crippen molar-refractivity contribution in [2.45, 2.75) is 45.8 Å². The summed E-state index contributed by atoms with van der Waals surface area (Å²) in [5.74, 6) is 2.18. The molecule has 0 amide bonds. The summed E-state index contributed by atoms with van der Waals surface area (Å²) in [5.41, 5.74) is 1.07. The fourth-order valence-corrected chi connectivity index (χ4v) is 2.41. The maximum Gasteiger partial charge on any atom is 0.216 e. The van der Waals surface area contributed by atoms with E-state index in [-0.39, 0.29) is 11.5 Å². The number of methoxy groups -OCH3 is 1. The zero-order chi connectivity index (χ0) is 19.0. The first-order valence-corrected chi connectivity index (χ1v) is 8.99. The third kappa shape index (κ3) is 5.88. The van der Waals surface area contributed by atoms with E-state index in [0.29, 0.717) is 24.9 Å². The van der Waals surface area contributed by atoms with Crippen LogP contribution in [-0.4, -0.2) is 31.1 Å². The van der Waals surface area contributed by atoms with Crippen molar-refractivity contribution in [3.8, 4) is 0 Å². The average Bonchev–Trinajstić information content (AvgIpc) is 3.10. The maximum absolute atomic E-state index is 5.79. The molecule has 0 saturated heterocycles. The number of aromatic nitrogens is 1. The topological polar surface area (TPSA) is 71.7 Å². The molecule has 0 saturated carbocycles. The first kappa shape index (κ1) is 20.0. The Morgan fingerprint density at radius 3 is 2.54 bits per heavy atom. The minimum absolute atomic E-state index is 0.0470. The summed E-state index contributed by atoms with van der Waals surface area (Å²) in [7, 11) is 1.71. The minimum Gasteiger partial charge on any atom is -0.443 e. The summed E-state index contributed by atoms with van der Waals surface area (Å²) >= 11 is 0. The predicted octanol–water partition coefficient (Wildman–Crippen LogP) is 3.41. The minimum atomic E-state index is -0.0565. The van der Waals surface area contributed by atoms with Crippen LogP contribution < -0.4 is 10.6 Å². The Labute approximate surface area is 156 Å². The third-order valence-electron chi connectivity index (χ3n) is 3.92. The number of rotatable bonds is 7. The number of aliphatic imine (C=N–C) groups is 1. The van der Waals surface area contributed by atoms with Gasteiger partial charge in [-0.3, -0.25) is 0 Å². The molecule has 0 spiro atoms. The first-order chi connectivity index (χ1) is 12.4.